The van der Waals surface area contributed by atoms with Crippen molar-refractivity contribution in [3.8, 4) is 0 Å². The van der Waals surface area contributed by atoms with Crippen LogP contribution >= 0.6 is 0 Å². The van der Waals surface area contributed by atoms with Crippen LogP contribution in [-0.4, -0.2) is 59.2 Å². The van der Waals surface area contributed by atoms with E-state index in [4.69, 9.17) is 0 Å². The molecule has 2 N–H and O–H groups in total. The van der Waals surface area contributed by atoms with Crippen LogP contribution in [0.5, 0.6) is 0 Å². The third kappa shape index (κ3) is 6.70. The Kier molecular flexibility index (Phi) is 7.91. The number of halogens is 2. The fraction of sp³-hybridized carbons (Fsp3) is 0.519. The Morgan fingerprint density at radius 3 is 2.09 bits per heavy atom. The Morgan fingerprint density at radius 1 is 1.00 bits per heavy atom. The minimum atomic E-state index is -2.55. The smallest absolute Gasteiger partial charge is 0.251 e. The first-order valence-corrected chi connectivity index (χ1v) is 12.5. The van der Waals surface area contributed by atoms with Gasteiger partial charge in [0.1, 0.15) is 0 Å². The largest absolute Gasteiger partial charge is 0.371 e. The van der Waals surface area contributed by atoms with E-state index in [1.807, 2.05) is 53.4 Å². The number of carbonyl (C=O) groups is 1. The molecule has 0 unspecified atom stereocenters. The molecule has 0 radical (unpaired) electrons. The predicted octanol–water partition coefficient (Wildman–Crippen LogP) is 5.50. The highest BCUT2D eigenvalue weighted by Crippen LogP contribution is 2.31. The van der Waals surface area contributed by atoms with Gasteiger partial charge in [0.25, 0.3) is 5.92 Å². The third-order valence-electron chi connectivity index (χ3n) is 7.17. The lowest BCUT2D eigenvalue weighted by molar-refractivity contribution is -0.174. The number of rotatable bonds is 7. The Balaban J connectivity index is 1.26. The maximum Gasteiger partial charge on any atom is 0.251 e. The van der Waals surface area contributed by atoms with Gasteiger partial charge in [-0.2, -0.15) is 0 Å². The van der Waals surface area contributed by atoms with Crippen LogP contribution in [0.25, 0.3) is 0 Å². The molecule has 0 bridgehead atoms. The van der Waals surface area contributed by atoms with Gasteiger partial charge in [-0.25, -0.2) is 13.8 Å². The Morgan fingerprint density at radius 2 is 1.54 bits per heavy atom. The highest BCUT2D eigenvalue weighted by Gasteiger charge is 2.34. The van der Waals surface area contributed by atoms with Crippen LogP contribution in [0.4, 0.5) is 25.8 Å². The Labute approximate surface area is 206 Å². The predicted molar refractivity (Wildman–Crippen MR) is 134 cm³/mol. The van der Waals surface area contributed by atoms with Crippen LogP contribution in [-0.2, 0) is 11.3 Å². The zero-order chi connectivity index (χ0) is 25.0. The summed E-state index contributed by atoms with van der Waals surface area (Å²) in [6.45, 7) is 6.98. The molecule has 8 heteroatoms. The summed E-state index contributed by atoms with van der Waals surface area (Å²) in [5.41, 5.74) is 3.58. The van der Waals surface area contributed by atoms with Gasteiger partial charge < -0.3 is 15.1 Å². The fourth-order valence-electron chi connectivity index (χ4n) is 4.83. The fourth-order valence-corrected chi connectivity index (χ4v) is 4.83. The van der Waals surface area contributed by atoms with Crippen molar-refractivity contribution in [3.63, 3.8) is 0 Å². The molecule has 2 aromatic carbocycles. The minimum absolute atomic E-state index is 0.104. The first kappa shape index (κ1) is 25.4. The molecule has 2 aliphatic rings. The number of nitrogens with zero attached hydrogens (tertiary/aromatic N) is 3. The van der Waals surface area contributed by atoms with Gasteiger partial charge in [-0.15, -0.1) is 0 Å². The van der Waals surface area contributed by atoms with E-state index < -0.39 is 5.92 Å². The van der Waals surface area contributed by atoms with Crippen LogP contribution in [0, 0.1) is 5.92 Å². The Hall–Kier alpha value is -2.71. The SMILES string of the molecule is CC(C)N1CCC(C(=O)N(O)Cc2ccc(Nc3ccc(N4CCC(F)(F)CC4)cc3)cc2)CC1. The molecule has 6 nitrogen and oxygen atoms in total. The number of hydroxylamine groups is 2. The molecule has 190 valence electrons. The van der Waals surface area contributed by atoms with Gasteiger partial charge in [-0.3, -0.25) is 10.0 Å². The molecule has 2 saturated heterocycles. The Bertz CT molecular complexity index is 964. The van der Waals surface area contributed by atoms with E-state index in [0.29, 0.717) is 19.1 Å². The lowest BCUT2D eigenvalue weighted by atomic mass is 9.95. The second kappa shape index (κ2) is 10.9. The van der Waals surface area contributed by atoms with Gasteiger partial charge >= 0.3 is 0 Å². The number of piperidine rings is 2. The maximum absolute atomic E-state index is 13.4. The quantitative estimate of drug-likeness (QED) is 0.400. The summed E-state index contributed by atoms with van der Waals surface area (Å²) in [7, 11) is 0. The van der Waals surface area contributed by atoms with E-state index in [-0.39, 0.29) is 31.2 Å². The van der Waals surface area contributed by atoms with E-state index in [1.165, 1.54) is 0 Å². The van der Waals surface area contributed by atoms with Crippen molar-refractivity contribution in [2.75, 3.05) is 36.4 Å². The number of hydrogen-bond donors (Lipinski definition) is 2. The molecule has 2 fully saturated rings. The summed E-state index contributed by atoms with van der Waals surface area (Å²) in [6, 6.07) is 15.9. The molecule has 35 heavy (non-hydrogen) atoms. The zero-order valence-corrected chi connectivity index (χ0v) is 20.6. The number of likely N-dealkylation sites (tertiary alicyclic amines) is 1. The summed E-state index contributed by atoms with van der Waals surface area (Å²) >= 11 is 0. The summed E-state index contributed by atoms with van der Waals surface area (Å²) < 4.78 is 26.8. The van der Waals surface area contributed by atoms with Crippen LogP contribution in [0.3, 0.4) is 0 Å². The van der Waals surface area contributed by atoms with Crippen molar-refractivity contribution < 1.29 is 18.8 Å². The van der Waals surface area contributed by atoms with E-state index >= 15 is 0 Å². The molecule has 1 amide bonds. The highest BCUT2D eigenvalue weighted by molar-refractivity contribution is 5.77. The molecular weight excluding hydrogens is 450 g/mol. The number of alkyl halides is 2. The number of nitrogens with one attached hydrogen (secondary N) is 1. The number of amides is 1. The summed E-state index contributed by atoms with van der Waals surface area (Å²) in [6.07, 6.45) is 1.35. The number of hydrogen-bond acceptors (Lipinski definition) is 5. The van der Waals surface area contributed by atoms with Gasteiger partial charge in [-0.05, 0) is 81.7 Å². The van der Waals surface area contributed by atoms with Crippen molar-refractivity contribution in [2.24, 2.45) is 5.92 Å². The van der Waals surface area contributed by atoms with Crippen molar-refractivity contribution in [2.45, 2.75) is 58.0 Å². The number of carbonyl (C=O) groups excluding carboxylic acids is 1. The van der Waals surface area contributed by atoms with E-state index in [2.05, 4.69) is 24.1 Å². The first-order valence-electron chi connectivity index (χ1n) is 12.5. The minimum Gasteiger partial charge on any atom is -0.371 e. The van der Waals surface area contributed by atoms with Crippen molar-refractivity contribution >= 4 is 23.0 Å². The average molecular weight is 487 g/mol. The zero-order valence-electron chi connectivity index (χ0n) is 20.6. The van der Waals surface area contributed by atoms with Gasteiger partial charge in [0.15, 0.2) is 0 Å². The molecule has 0 aliphatic carbocycles. The van der Waals surface area contributed by atoms with Crippen LogP contribution in [0.2, 0.25) is 0 Å². The molecule has 0 atom stereocenters. The molecule has 4 rings (SSSR count). The molecular formula is C27H36F2N4O2. The monoisotopic (exact) mass is 486 g/mol. The second-order valence-corrected chi connectivity index (χ2v) is 10.0. The number of anilines is 3. The van der Waals surface area contributed by atoms with E-state index in [1.54, 1.807) is 0 Å². The number of benzene rings is 2. The van der Waals surface area contributed by atoms with Crippen LogP contribution in [0.15, 0.2) is 48.5 Å². The molecule has 0 saturated carbocycles. The summed E-state index contributed by atoms with van der Waals surface area (Å²) in [4.78, 5) is 17.0. The second-order valence-electron chi connectivity index (χ2n) is 10.0. The lowest BCUT2D eigenvalue weighted by Crippen LogP contribution is -2.43. The first-order chi connectivity index (χ1) is 16.7. The molecule has 2 aromatic rings. The third-order valence-corrected chi connectivity index (χ3v) is 7.17. The van der Waals surface area contributed by atoms with Gasteiger partial charge in [0.05, 0.1) is 6.54 Å². The van der Waals surface area contributed by atoms with E-state index in [9.17, 15) is 18.8 Å². The topological polar surface area (TPSA) is 59.1 Å². The molecule has 0 aromatic heterocycles. The standard InChI is InChI=1S/C27H36F2N4O2/c1-20(2)31-15-11-22(12-16-31)26(34)33(35)19-21-3-5-23(6-4-21)30-24-7-9-25(10-8-24)32-17-13-27(28,29)14-18-32/h3-10,20,22,30,35H,11-19H2,1-2H3. The summed E-state index contributed by atoms with van der Waals surface area (Å²) in [5.74, 6) is -2.87. The molecule has 0 spiro atoms. The van der Waals surface area contributed by atoms with Gasteiger partial charge in [0, 0.05) is 55.0 Å². The van der Waals surface area contributed by atoms with Crippen molar-refractivity contribution in [1.82, 2.24) is 9.96 Å². The normalized spacial score (nSPS) is 19.1. The average Bonchev–Trinajstić information content (AvgIpc) is 2.85. The summed E-state index contributed by atoms with van der Waals surface area (Å²) in [5, 5.41) is 14.6. The van der Waals surface area contributed by atoms with Crippen LogP contribution in [0.1, 0.15) is 45.1 Å². The maximum atomic E-state index is 13.4. The lowest BCUT2D eigenvalue weighted by Gasteiger charge is -2.34. The highest BCUT2D eigenvalue weighted by atomic mass is 19.3. The van der Waals surface area contributed by atoms with Gasteiger partial charge in [0.2, 0.25) is 5.91 Å². The van der Waals surface area contributed by atoms with Crippen molar-refractivity contribution in [1.29, 1.82) is 0 Å². The molecule has 2 aliphatic heterocycles. The van der Waals surface area contributed by atoms with Crippen LogP contribution < -0.4 is 10.2 Å². The molecule has 2 heterocycles. The van der Waals surface area contributed by atoms with E-state index in [0.717, 1.165) is 53.6 Å². The van der Waals surface area contributed by atoms with Crippen molar-refractivity contribution in [3.05, 3.63) is 54.1 Å². The van der Waals surface area contributed by atoms with Gasteiger partial charge in [-0.1, -0.05) is 12.1 Å².